The number of hydrogen-bond acceptors (Lipinski definition) is 6. The van der Waals surface area contributed by atoms with Gasteiger partial charge in [-0.3, -0.25) is 0 Å². The van der Waals surface area contributed by atoms with Crippen molar-refractivity contribution < 1.29 is 9.47 Å². The molecule has 30 heavy (non-hydrogen) atoms. The van der Waals surface area contributed by atoms with Crippen molar-refractivity contribution in [3.63, 3.8) is 0 Å². The molecule has 9 nitrogen and oxygen atoms in total. The van der Waals surface area contributed by atoms with E-state index in [4.69, 9.17) is 21.1 Å². The predicted molar refractivity (Wildman–Crippen MR) is 110 cm³/mol. The third-order valence-electron chi connectivity index (χ3n) is 4.58. The standard InChI is InChI=1S/C20H19ClN6O3/c1-13-8-9-26(23-13)15-6-7-19(17(21)10-15)30-12-16-14(4-3-5-18(16)29-2)11-27-20(28)22-24-25-27/h3-10H,11-12H2,1-2H3,(H,22,25,28). The zero-order chi connectivity index (χ0) is 21.1. The molecule has 1 N–H and O–H groups in total. The van der Waals surface area contributed by atoms with E-state index in [0.717, 1.165) is 22.5 Å². The lowest BCUT2D eigenvalue weighted by atomic mass is 10.1. The zero-order valence-electron chi connectivity index (χ0n) is 16.4. The summed E-state index contributed by atoms with van der Waals surface area (Å²) in [7, 11) is 1.58. The maximum absolute atomic E-state index is 11.8. The summed E-state index contributed by atoms with van der Waals surface area (Å²) >= 11 is 6.44. The summed E-state index contributed by atoms with van der Waals surface area (Å²) in [6.07, 6.45) is 1.87. The summed E-state index contributed by atoms with van der Waals surface area (Å²) in [6.45, 7) is 2.36. The highest BCUT2D eigenvalue weighted by atomic mass is 35.5. The Balaban J connectivity index is 1.57. The molecule has 0 spiro atoms. The maximum Gasteiger partial charge on any atom is 0.361 e. The molecule has 0 aliphatic carbocycles. The van der Waals surface area contributed by atoms with Crippen LogP contribution < -0.4 is 15.2 Å². The number of halogens is 1. The van der Waals surface area contributed by atoms with Gasteiger partial charge in [0.15, 0.2) is 0 Å². The topological polar surface area (TPSA) is 99.9 Å². The summed E-state index contributed by atoms with van der Waals surface area (Å²) in [5.41, 5.74) is 2.98. The van der Waals surface area contributed by atoms with Gasteiger partial charge in [-0.05, 0) is 53.2 Å². The van der Waals surface area contributed by atoms with Gasteiger partial charge in [0.25, 0.3) is 0 Å². The van der Waals surface area contributed by atoms with Crippen molar-refractivity contribution in [3.8, 4) is 17.2 Å². The van der Waals surface area contributed by atoms with Crippen molar-refractivity contribution in [2.24, 2.45) is 0 Å². The molecule has 0 radical (unpaired) electrons. The van der Waals surface area contributed by atoms with Gasteiger partial charge in [-0.25, -0.2) is 14.6 Å². The molecule has 2 heterocycles. The Labute approximate surface area is 176 Å². The lowest BCUT2D eigenvalue weighted by molar-refractivity contribution is 0.295. The maximum atomic E-state index is 11.8. The van der Waals surface area contributed by atoms with Crippen molar-refractivity contribution in [1.29, 1.82) is 0 Å². The predicted octanol–water partition coefficient (Wildman–Crippen LogP) is 2.75. The summed E-state index contributed by atoms with van der Waals surface area (Å²) < 4.78 is 14.4. The second-order valence-corrected chi connectivity index (χ2v) is 6.97. The Hall–Kier alpha value is -3.59. The van der Waals surface area contributed by atoms with Crippen LogP contribution in [0.3, 0.4) is 0 Å². The molecule has 0 bridgehead atoms. The monoisotopic (exact) mass is 426 g/mol. The molecule has 0 unspecified atom stereocenters. The zero-order valence-corrected chi connectivity index (χ0v) is 17.1. The quantitative estimate of drug-likeness (QED) is 0.487. The van der Waals surface area contributed by atoms with E-state index < -0.39 is 5.69 Å². The molecule has 0 atom stereocenters. The molecular weight excluding hydrogens is 408 g/mol. The number of rotatable bonds is 7. The molecular formula is C20H19ClN6O3. The Morgan fingerprint density at radius 3 is 2.70 bits per heavy atom. The Morgan fingerprint density at radius 1 is 1.17 bits per heavy atom. The molecule has 0 aliphatic heterocycles. The average molecular weight is 427 g/mol. The van der Waals surface area contributed by atoms with Crippen LogP contribution in [0.5, 0.6) is 11.5 Å². The van der Waals surface area contributed by atoms with Gasteiger partial charge in [-0.15, -0.1) is 0 Å². The smallest absolute Gasteiger partial charge is 0.361 e. The van der Waals surface area contributed by atoms with Crippen LogP contribution in [0.1, 0.15) is 16.8 Å². The fourth-order valence-electron chi connectivity index (χ4n) is 3.05. The number of ether oxygens (including phenoxy) is 2. The number of aryl methyl sites for hydroxylation is 1. The van der Waals surface area contributed by atoms with Gasteiger partial charge in [-0.2, -0.15) is 9.78 Å². The first-order valence-electron chi connectivity index (χ1n) is 9.13. The van der Waals surface area contributed by atoms with Gasteiger partial charge in [-0.1, -0.05) is 23.7 Å². The highest BCUT2D eigenvalue weighted by molar-refractivity contribution is 6.32. The van der Waals surface area contributed by atoms with E-state index in [2.05, 4.69) is 20.6 Å². The van der Waals surface area contributed by atoms with Gasteiger partial charge in [0.05, 0.1) is 30.1 Å². The molecule has 10 heteroatoms. The van der Waals surface area contributed by atoms with Crippen molar-refractivity contribution >= 4 is 11.6 Å². The third-order valence-corrected chi connectivity index (χ3v) is 4.87. The van der Waals surface area contributed by atoms with Crippen molar-refractivity contribution in [3.05, 3.63) is 81.0 Å². The Morgan fingerprint density at radius 2 is 2.03 bits per heavy atom. The van der Waals surface area contributed by atoms with Crippen LogP contribution in [0.2, 0.25) is 5.02 Å². The van der Waals surface area contributed by atoms with Gasteiger partial charge < -0.3 is 9.47 Å². The van der Waals surface area contributed by atoms with Crippen LogP contribution in [0.15, 0.2) is 53.5 Å². The van der Waals surface area contributed by atoms with Gasteiger partial charge >= 0.3 is 5.69 Å². The number of tetrazole rings is 1. The molecule has 4 aromatic rings. The second-order valence-electron chi connectivity index (χ2n) is 6.57. The molecule has 4 rings (SSSR count). The minimum absolute atomic E-state index is 0.200. The number of nitrogens with one attached hydrogen (secondary N) is 1. The molecule has 2 aromatic heterocycles. The van der Waals surface area contributed by atoms with Gasteiger partial charge in [0.2, 0.25) is 0 Å². The molecule has 154 valence electrons. The fourth-order valence-corrected chi connectivity index (χ4v) is 3.28. The van der Waals surface area contributed by atoms with Crippen LogP contribution in [0.4, 0.5) is 0 Å². The van der Waals surface area contributed by atoms with Crippen LogP contribution in [-0.4, -0.2) is 37.1 Å². The van der Waals surface area contributed by atoms with E-state index >= 15 is 0 Å². The SMILES string of the molecule is COc1cccc(Cn2nn[nH]c2=O)c1COc1ccc(-n2ccc(C)n2)cc1Cl. The number of hydrogen-bond donors (Lipinski definition) is 1. The first-order chi connectivity index (χ1) is 14.5. The van der Waals surface area contributed by atoms with E-state index in [0.29, 0.717) is 16.5 Å². The van der Waals surface area contributed by atoms with Gasteiger partial charge in [0.1, 0.15) is 18.1 Å². The fraction of sp³-hybridized carbons (Fsp3) is 0.200. The molecule has 2 aromatic carbocycles. The normalized spacial score (nSPS) is 10.9. The largest absolute Gasteiger partial charge is 0.496 e. The molecule has 0 fully saturated rings. The van der Waals surface area contributed by atoms with Crippen LogP contribution in [-0.2, 0) is 13.2 Å². The number of benzene rings is 2. The second kappa shape index (κ2) is 8.42. The average Bonchev–Trinajstić information content (AvgIpc) is 3.35. The third kappa shape index (κ3) is 4.06. The lowest BCUT2D eigenvalue weighted by Crippen LogP contribution is -2.20. The number of methoxy groups -OCH3 is 1. The summed E-state index contributed by atoms with van der Waals surface area (Å²) in [6, 6.07) is 12.9. The van der Waals surface area contributed by atoms with E-state index in [-0.39, 0.29) is 13.2 Å². The van der Waals surface area contributed by atoms with Gasteiger partial charge in [0, 0.05) is 11.8 Å². The first-order valence-corrected chi connectivity index (χ1v) is 9.51. The van der Waals surface area contributed by atoms with E-state index in [1.165, 1.54) is 4.68 Å². The minimum atomic E-state index is -0.392. The number of H-pyrrole nitrogens is 1. The summed E-state index contributed by atoms with van der Waals surface area (Å²) in [4.78, 5) is 11.8. The molecule has 0 saturated carbocycles. The van der Waals surface area contributed by atoms with Crippen molar-refractivity contribution in [2.75, 3.05) is 7.11 Å². The van der Waals surface area contributed by atoms with E-state index in [1.54, 1.807) is 23.9 Å². The molecule has 0 aliphatic rings. The lowest BCUT2D eigenvalue weighted by Gasteiger charge is -2.15. The number of aromatic nitrogens is 6. The molecule has 0 amide bonds. The summed E-state index contributed by atoms with van der Waals surface area (Å²) in [5, 5.41) is 14.4. The first kappa shape index (κ1) is 19.7. The molecule has 0 saturated heterocycles. The summed E-state index contributed by atoms with van der Waals surface area (Å²) in [5.74, 6) is 1.17. The van der Waals surface area contributed by atoms with E-state index in [1.807, 2.05) is 43.5 Å². The highest BCUT2D eigenvalue weighted by Gasteiger charge is 2.14. The highest BCUT2D eigenvalue weighted by Crippen LogP contribution is 2.30. The van der Waals surface area contributed by atoms with Crippen LogP contribution >= 0.6 is 11.6 Å². The van der Waals surface area contributed by atoms with Crippen LogP contribution in [0.25, 0.3) is 5.69 Å². The van der Waals surface area contributed by atoms with Crippen molar-refractivity contribution in [1.82, 2.24) is 30.0 Å². The Kier molecular flexibility index (Phi) is 5.53. The van der Waals surface area contributed by atoms with E-state index in [9.17, 15) is 4.79 Å². The Bertz CT molecular complexity index is 1230. The minimum Gasteiger partial charge on any atom is -0.496 e. The number of nitrogens with zero attached hydrogens (tertiary/aromatic N) is 5. The number of aromatic amines is 1. The van der Waals surface area contributed by atoms with Crippen LogP contribution in [0, 0.1) is 6.92 Å². The van der Waals surface area contributed by atoms with Crippen molar-refractivity contribution in [2.45, 2.75) is 20.1 Å².